The van der Waals surface area contributed by atoms with E-state index in [-0.39, 0.29) is 21.7 Å². The molecule has 1 amide bonds. The molecule has 0 atom stereocenters. The molecule has 3 aromatic carbocycles. The van der Waals surface area contributed by atoms with Gasteiger partial charge in [-0.25, -0.2) is 13.2 Å². The number of hydrogen-bond donors (Lipinski definition) is 3. The van der Waals surface area contributed by atoms with Crippen LogP contribution in [0.3, 0.4) is 0 Å². The van der Waals surface area contributed by atoms with Crippen LogP contribution in [0.5, 0.6) is 0 Å². The van der Waals surface area contributed by atoms with Gasteiger partial charge in [0.15, 0.2) is 0 Å². The van der Waals surface area contributed by atoms with Crippen LogP contribution in [0.1, 0.15) is 20.7 Å². The minimum Gasteiger partial charge on any atom is -0.478 e. The Morgan fingerprint density at radius 3 is 2.17 bits per heavy atom. The lowest BCUT2D eigenvalue weighted by Crippen LogP contribution is -2.16. The third-order valence-electron chi connectivity index (χ3n) is 3.96. The zero-order valence-corrected chi connectivity index (χ0v) is 19.1. The van der Waals surface area contributed by atoms with Gasteiger partial charge in [-0.1, -0.05) is 37.9 Å². The largest absolute Gasteiger partial charge is 0.478 e. The number of hydrogen-bond acceptors (Lipinski definition) is 4. The van der Waals surface area contributed by atoms with Gasteiger partial charge in [-0.3, -0.25) is 9.52 Å². The first kappa shape index (κ1) is 22.0. The quantitative estimate of drug-likeness (QED) is 0.399. The maximum atomic E-state index is 12.5. The highest BCUT2D eigenvalue weighted by Crippen LogP contribution is 2.23. The molecule has 7 nitrogen and oxygen atoms in total. The van der Waals surface area contributed by atoms with Gasteiger partial charge < -0.3 is 10.4 Å². The molecular formula is C20H14Br2N2O5S. The second kappa shape index (κ2) is 8.99. The molecule has 0 aliphatic carbocycles. The fraction of sp³-hybridized carbons (Fsp3) is 0. The molecule has 0 fully saturated rings. The average molecular weight is 554 g/mol. The first-order valence-corrected chi connectivity index (χ1v) is 11.5. The van der Waals surface area contributed by atoms with Crippen LogP contribution in [0, 0.1) is 0 Å². The molecule has 0 aromatic heterocycles. The molecular weight excluding hydrogens is 540 g/mol. The number of halogens is 2. The maximum Gasteiger partial charge on any atom is 0.337 e. The van der Waals surface area contributed by atoms with Gasteiger partial charge in [0.25, 0.3) is 15.9 Å². The molecule has 0 bridgehead atoms. The lowest BCUT2D eigenvalue weighted by Gasteiger charge is -2.11. The van der Waals surface area contributed by atoms with Crippen LogP contribution in [0.2, 0.25) is 0 Å². The van der Waals surface area contributed by atoms with Gasteiger partial charge in [-0.2, -0.15) is 0 Å². The number of aromatic carboxylic acids is 1. The number of carboxylic acid groups (broad SMARTS) is 1. The van der Waals surface area contributed by atoms with E-state index in [4.69, 9.17) is 0 Å². The van der Waals surface area contributed by atoms with Crippen LogP contribution in [-0.4, -0.2) is 25.4 Å². The van der Waals surface area contributed by atoms with Gasteiger partial charge in [-0.15, -0.1) is 0 Å². The highest BCUT2D eigenvalue weighted by molar-refractivity contribution is 9.10. The van der Waals surface area contributed by atoms with Gasteiger partial charge in [0.2, 0.25) is 0 Å². The van der Waals surface area contributed by atoms with Gasteiger partial charge in [0, 0.05) is 20.2 Å². The second-order valence-corrected chi connectivity index (χ2v) is 9.60. The maximum absolute atomic E-state index is 12.5. The monoisotopic (exact) mass is 552 g/mol. The highest BCUT2D eigenvalue weighted by Gasteiger charge is 2.17. The van der Waals surface area contributed by atoms with Crippen LogP contribution >= 0.6 is 31.9 Å². The number of carbonyl (C=O) groups is 2. The summed E-state index contributed by atoms with van der Waals surface area (Å²) in [7, 11) is -3.84. The summed E-state index contributed by atoms with van der Waals surface area (Å²) in [6.45, 7) is 0. The minimum atomic E-state index is -3.84. The van der Waals surface area contributed by atoms with E-state index in [0.29, 0.717) is 10.2 Å². The topological polar surface area (TPSA) is 113 Å². The fourth-order valence-electron chi connectivity index (χ4n) is 2.55. The molecule has 3 aromatic rings. The molecule has 0 spiro atoms. The van der Waals surface area contributed by atoms with Crippen molar-refractivity contribution >= 4 is 65.1 Å². The summed E-state index contributed by atoms with van der Waals surface area (Å²) in [6, 6.07) is 16.5. The number of carbonyl (C=O) groups excluding carboxylic acids is 1. The Labute approximate surface area is 189 Å². The molecule has 3 N–H and O–H groups in total. The third-order valence-corrected chi connectivity index (χ3v) is 6.35. The third kappa shape index (κ3) is 5.26. The summed E-state index contributed by atoms with van der Waals surface area (Å²) in [6.07, 6.45) is 0. The molecule has 3 rings (SSSR count). The number of benzene rings is 3. The molecule has 30 heavy (non-hydrogen) atoms. The molecule has 154 valence electrons. The predicted octanol–water partition coefficient (Wildman–Crippen LogP) is 4.96. The molecule has 10 heteroatoms. The van der Waals surface area contributed by atoms with E-state index in [9.17, 15) is 23.1 Å². The minimum absolute atomic E-state index is 0.0195. The summed E-state index contributed by atoms with van der Waals surface area (Å²) < 4.78 is 28.8. The van der Waals surface area contributed by atoms with E-state index < -0.39 is 21.9 Å². The lowest BCUT2D eigenvalue weighted by atomic mass is 10.1. The molecule has 0 radical (unpaired) electrons. The van der Waals surface area contributed by atoms with Gasteiger partial charge in [0.05, 0.1) is 16.1 Å². The van der Waals surface area contributed by atoms with Crippen molar-refractivity contribution in [3.05, 3.63) is 86.8 Å². The zero-order chi connectivity index (χ0) is 21.9. The van der Waals surface area contributed by atoms with Crippen LogP contribution in [0.15, 0.2) is 80.6 Å². The van der Waals surface area contributed by atoms with Crippen LogP contribution in [-0.2, 0) is 10.0 Å². The number of amides is 1. The Bertz CT molecular complexity index is 1230. The number of rotatable bonds is 6. The number of sulfonamides is 1. The van der Waals surface area contributed by atoms with E-state index in [1.54, 1.807) is 30.3 Å². The Balaban J connectivity index is 1.78. The molecule has 0 saturated heterocycles. The first-order chi connectivity index (χ1) is 14.2. The molecule has 0 aliphatic heterocycles. The Morgan fingerprint density at radius 2 is 1.53 bits per heavy atom. The standard InChI is InChI=1S/C20H14Br2N2O5S/c21-13-2-1-3-15(10-13)24-30(28,29)16-7-4-12(5-8-16)19(25)23-18-9-6-14(22)11-17(18)20(26)27/h1-11,24H,(H,23,25)(H,26,27). The normalized spacial score (nSPS) is 11.0. The molecule has 0 aliphatic rings. The van der Waals surface area contributed by atoms with Crippen molar-refractivity contribution in [1.29, 1.82) is 0 Å². The van der Waals surface area contributed by atoms with Crippen molar-refractivity contribution in [3.63, 3.8) is 0 Å². The number of anilines is 2. The smallest absolute Gasteiger partial charge is 0.337 e. The van der Waals surface area contributed by atoms with Crippen LogP contribution < -0.4 is 10.0 Å². The summed E-state index contributed by atoms with van der Waals surface area (Å²) in [5.41, 5.74) is 0.622. The predicted molar refractivity (Wildman–Crippen MR) is 120 cm³/mol. The SMILES string of the molecule is O=C(Nc1ccc(Br)cc1C(=O)O)c1ccc(S(=O)(=O)Nc2cccc(Br)c2)cc1. The van der Waals surface area contributed by atoms with Crippen molar-refractivity contribution in [2.75, 3.05) is 10.0 Å². The second-order valence-electron chi connectivity index (χ2n) is 6.09. The van der Waals surface area contributed by atoms with E-state index in [2.05, 4.69) is 41.9 Å². The molecule has 0 unspecified atom stereocenters. The number of nitrogens with one attached hydrogen (secondary N) is 2. The van der Waals surface area contributed by atoms with Gasteiger partial charge >= 0.3 is 5.97 Å². The van der Waals surface area contributed by atoms with Crippen LogP contribution in [0.25, 0.3) is 0 Å². The van der Waals surface area contributed by atoms with Crippen molar-refractivity contribution in [2.24, 2.45) is 0 Å². The van der Waals surface area contributed by atoms with Crippen molar-refractivity contribution in [2.45, 2.75) is 4.90 Å². The van der Waals surface area contributed by atoms with Gasteiger partial charge in [-0.05, 0) is 60.7 Å². The Hall–Kier alpha value is -2.69. The van der Waals surface area contributed by atoms with Crippen molar-refractivity contribution < 1.29 is 23.1 Å². The van der Waals surface area contributed by atoms with Crippen LogP contribution in [0.4, 0.5) is 11.4 Å². The van der Waals surface area contributed by atoms with E-state index in [0.717, 1.165) is 4.47 Å². The molecule has 0 heterocycles. The Kier molecular flexibility index (Phi) is 6.59. The average Bonchev–Trinajstić information content (AvgIpc) is 2.69. The van der Waals surface area contributed by atoms with E-state index in [1.165, 1.54) is 36.4 Å². The number of carboxylic acids is 1. The van der Waals surface area contributed by atoms with E-state index in [1.807, 2.05) is 0 Å². The summed E-state index contributed by atoms with van der Waals surface area (Å²) in [4.78, 5) is 23.8. The van der Waals surface area contributed by atoms with Crippen molar-refractivity contribution in [3.8, 4) is 0 Å². The van der Waals surface area contributed by atoms with E-state index >= 15 is 0 Å². The lowest BCUT2D eigenvalue weighted by molar-refractivity contribution is 0.0698. The van der Waals surface area contributed by atoms with Crippen molar-refractivity contribution in [1.82, 2.24) is 0 Å². The summed E-state index contributed by atoms with van der Waals surface area (Å²) >= 11 is 6.47. The highest BCUT2D eigenvalue weighted by atomic mass is 79.9. The summed E-state index contributed by atoms with van der Waals surface area (Å²) in [5, 5.41) is 11.8. The summed E-state index contributed by atoms with van der Waals surface area (Å²) in [5.74, 6) is -1.75. The Morgan fingerprint density at radius 1 is 0.867 bits per heavy atom. The fourth-order valence-corrected chi connectivity index (χ4v) is 4.36. The zero-order valence-electron chi connectivity index (χ0n) is 15.1. The molecule has 0 saturated carbocycles. The first-order valence-electron chi connectivity index (χ1n) is 8.38. The van der Waals surface area contributed by atoms with Gasteiger partial charge in [0.1, 0.15) is 0 Å².